The van der Waals surface area contributed by atoms with Crippen LogP contribution in [0.1, 0.15) is 48.5 Å². The van der Waals surface area contributed by atoms with Crippen molar-refractivity contribution in [2.24, 2.45) is 0 Å². The first kappa shape index (κ1) is 23.5. The lowest BCUT2D eigenvalue weighted by Gasteiger charge is -2.19. The summed E-state index contributed by atoms with van der Waals surface area (Å²) in [7, 11) is 0. The van der Waals surface area contributed by atoms with Crippen molar-refractivity contribution in [3.05, 3.63) is 47.7 Å². The summed E-state index contributed by atoms with van der Waals surface area (Å²) in [5.41, 5.74) is 7.99. The second kappa shape index (κ2) is 10.1. The Kier molecular flexibility index (Phi) is 8.51. The predicted molar refractivity (Wildman–Crippen MR) is 119 cm³/mol. The van der Waals surface area contributed by atoms with Crippen molar-refractivity contribution in [1.29, 1.82) is 0 Å². The van der Waals surface area contributed by atoms with Crippen molar-refractivity contribution >= 4 is 34.4 Å². The van der Waals surface area contributed by atoms with E-state index in [9.17, 15) is 4.79 Å². The lowest BCUT2D eigenvalue weighted by Crippen LogP contribution is -2.26. The molecule has 2 heterocycles. The molecule has 5 nitrogen and oxygen atoms in total. The van der Waals surface area contributed by atoms with Gasteiger partial charge in [0.1, 0.15) is 5.60 Å². The number of halogens is 1. The molecule has 0 aliphatic rings. The Labute approximate surface area is 172 Å². The monoisotopic (exact) mass is 403 g/mol. The van der Waals surface area contributed by atoms with E-state index in [-0.39, 0.29) is 0 Å². The van der Waals surface area contributed by atoms with Gasteiger partial charge in [0.05, 0.1) is 5.02 Å². The van der Waals surface area contributed by atoms with Crippen LogP contribution in [-0.2, 0) is 4.74 Å². The van der Waals surface area contributed by atoms with E-state index < -0.39 is 11.7 Å². The van der Waals surface area contributed by atoms with E-state index >= 15 is 0 Å². The summed E-state index contributed by atoms with van der Waals surface area (Å²) >= 11 is 6.37. The van der Waals surface area contributed by atoms with Gasteiger partial charge in [0.2, 0.25) is 0 Å². The Morgan fingerprint density at radius 3 is 2.36 bits per heavy atom. The summed E-state index contributed by atoms with van der Waals surface area (Å²) < 4.78 is 6.84. The van der Waals surface area contributed by atoms with Gasteiger partial charge in [-0.15, -0.1) is 0 Å². The van der Waals surface area contributed by atoms with Crippen LogP contribution in [-0.4, -0.2) is 21.2 Å². The Morgan fingerprint density at radius 2 is 1.79 bits per heavy atom. The molecule has 0 radical (unpaired) electrons. The molecule has 0 aliphatic carbocycles. The van der Waals surface area contributed by atoms with Crippen molar-refractivity contribution in [1.82, 2.24) is 9.55 Å². The molecule has 6 heteroatoms. The molecule has 0 unspecified atom stereocenters. The van der Waals surface area contributed by atoms with Gasteiger partial charge in [0.25, 0.3) is 0 Å². The van der Waals surface area contributed by atoms with Gasteiger partial charge in [-0.3, -0.25) is 0 Å². The molecule has 28 heavy (non-hydrogen) atoms. The predicted octanol–water partition coefficient (Wildman–Crippen LogP) is 6.77. The van der Waals surface area contributed by atoms with Gasteiger partial charge in [0, 0.05) is 29.0 Å². The van der Waals surface area contributed by atoms with Crippen LogP contribution in [0.3, 0.4) is 0 Å². The van der Waals surface area contributed by atoms with E-state index in [1.807, 2.05) is 66.7 Å². The first-order valence-electron chi connectivity index (χ1n) is 9.51. The average Bonchev–Trinajstić information content (AvgIpc) is 3.05. The number of aromatic nitrogens is 2. The third-order valence-corrected chi connectivity index (χ3v) is 3.74. The Bertz CT molecular complexity index is 927. The van der Waals surface area contributed by atoms with Gasteiger partial charge in [-0.05, 0) is 44.5 Å². The van der Waals surface area contributed by atoms with E-state index in [4.69, 9.17) is 22.1 Å². The molecule has 0 fully saturated rings. The van der Waals surface area contributed by atoms with E-state index in [0.717, 1.165) is 11.1 Å². The summed E-state index contributed by atoms with van der Waals surface area (Å²) in [5.74, 6) is 0. The first-order valence-corrected chi connectivity index (χ1v) is 9.89. The summed E-state index contributed by atoms with van der Waals surface area (Å²) in [4.78, 5) is 16.8. The molecule has 152 valence electrons. The summed E-state index contributed by atoms with van der Waals surface area (Å²) in [6.07, 6.45) is 2.75. The van der Waals surface area contributed by atoms with Gasteiger partial charge < -0.3 is 10.5 Å². The fourth-order valence-corrected chi connectivity index (χ4v) is 2.73. The number of nitrogens with two attached hydrogens (primary N) is 1. The molecular weight excluding hydrogens is 374 g/mol. The fourth-order valence-electron chi connectivity index (χ4n) is 2.49. The number of rotatable bonds is 1. The third-order valence-electron chi connectivity index (χ3n) is 3.42. The van der Waals surface area contributed by atoms with Gasteiger partial charge in [-0.1, -0.05) is 51.4 Å². The zero-order valence-corrected chi connectivity index (χ0v) is 18.5. The zero-order chi connectivity index (χ0) is 21.5. The lowest BCUT2D eigenvalue weighted by molar-refractivity contribution is 0.0544. The molecule has 0 spiro atoms. The highest BCUT2D eigenvalue weighted by Gasteiger charge is 2.23. The lowest BCUT2D eigenvalue weighted by atomic mass is 10.1. The molecule has 0 atom stereocenters. The number of nitrogen functional groups attached to an aromatic ring is 1. The molecule has 2 aromatic heterocycles. The topological polar surface area (TPSA) is 70.1 Å². The number of hydrogen-bond donors (Lipinski definition) is 1. The van der Waals surface area contributed by atoms with Crippen LogP contribution in [0.4, 0.5) is 10.5 Å². The molecule has 0 bridgehead atoms. The van der Waals surface area contributed by atoms with E-state index in [1.165, 1.54) is 4.57 Å². The largest absolute Gasteiger partial charge is 0.443 e. The van der Waals surface area contributed by atoms with Crippen molar-refractivity contribution in [3.63, 3.8) is 0 Å². The van der Waals surface area contributed by atoms with Crippen molar-refractivity contribution < 1.29 is 9.53 Å². The van der Waals surface area contributed by atoms with Gasteiger partial charge >= 0.3 is 6.09 Å². The van der Waals surface area contributed by atoms with Crippen molar-refractivity contribution in [2.75, 3.05) is 5.73 Å². The number of anilines is 1. The SMILES string of the molecule is CC.CC.CC(C)(C)OC(=O)n1cc(-c2cccc(N)c2)c2c(Cl)ccnc21. The maximum atomic E-state index is 12.5. The average molecular weight is 404 g/mol. The maximum absolute atomic E-state index is 12.5. The van der Waals surface area contributed by atoms with Crippen molar-refractivity contribution in [2.45, 2.75) is 54.1 Å². The fraction of sp³-hybridized carbons (Fsp3) is 0.364. The number of nitrogens with zero attached hydrogens (tertiary/aromatic N) is 2. The summed E-state index contributed by atoms with van der Waals surface area (Å²) in [6, 6.07) is 9.09. The van der Waals surface area contributed by atoms with Crippen molar-refractivity contribution in [3.8, 4) is 11.1 Å². The number of hydrogen-bond acceptors (Lipinski definition) is 4. The molecule has 3 rings (SSSR count). The second-order valence-corrected chi connectivity index (χ2v) is 6.92. The van der Waals surface area contributed by atoms with Crippen LogP contribution < -0.4 is 5.73 Å². The zero-order valence-electron chi connectivity index (χ0n) is 17.7. The van der Waals surface area contributed by atoms with Gasteiger partial charge in [-0.25, -0.2) is 14.3 Å². The number of benzene rings is 1. The van der Waals surface area contributed by atoms with Gasteiger partial charge in [-0.2, -0.15) is 0 Å². The number of ether oxygens (including phenoxy) is 1. The minimum absolute atomic E-state index is 0.453. The summed E-state index contributed by atoms with van der Waals surface area (Å²) in [6.45, 7) is 13.4. The minimum Gasteiger partial charge on any atom is -0.443 e. The minimum atomic E-state index is -0.608. The second-order valence-electron chi connectivity index (χ2n) is 6.51. The quantitative estimate of drug-likeness (QED) is 0.455. The highest BCUT2D eigenvalue weighted by Crippen LogP contribution is 2.35. The van der Waals surface area contributed by atoms with Crippen LogP contribution in [0.5, 0.6) is 0 Å². The standard InChI is InChI=1S/C18H18ClN3O2.2C2H6/c1-18(2,3)24-17(23)22-10-13(11-5-4-6-12(20)9-11)15-14(19)7-8-21-16(15)22;2*1-2/h4-10H,20H2,1-3H3;2*1-2H3. The Balaban J connectivity index is 0.000000921. The molecule has 0 aliphatic heterocycles. The third kappa shape index (κ3) is 5.49. The molecule has 1 aromatic carbocycles. The first-order chi connectivity index (χ1) is 13.3. The maximum Gasteiger partial charge on any atom is 0.420 e. The van der Waals surface area contributed by atoms with Crippen LogP contribution in [0, 0.1) is 0 Å². The normalized spacial score (nSPS) is 10.4. The van der Waals surface area contributed by atoms with E-state index in [1.54, 1.807) is 24.5 Å². The Morgan fingerprint density at radius 1 is 1.14 bits per heavy atom. The molecule has 0 saturated heterocycles. The van der Waals surface area contributed by atoms with Crippen LogP contribution in [0.2, 0.25) is 5.02 Å². The number of carbonyl (C=O) groups is 1. The number of carbonyl (C=O) groups excluding carboxylic acids is 1. The van der Waals surface area contributed by atoms with Crippen LogP contribution in [0.15, 0.2) is 42.7 Å². The summed E-state index contributed by atoms with van der Waals surface area (Å²) in [5, 5.41) is 1.20. The molecule has 0 saturated carbocycles. The van der Waals surface area contributed by atoms with Crippen LogP contribution in [0.25, 0.3) is 22.2 Å². The molecule has 0 amide bonds. The van der Waals surface area contributed by atoms with E-state index in [2.05, 4.69) is 4.98 Å². The molecular formula is C22H30ClN3O2. The molecule has 2 N–H and O–H groups in total. The highest BCUT2D eigenvalue weighted by molar-refractivity contribution is 6.36. The van der Waals surface area contributed by atoms with Gasteiger partial charge in [0.15, 0.2) is 5.65 Å². The molecule has 3 aromatic rings. The Hall–Kier alpha value is -2.53. The van der Waals surface area contributed by atoms with E-state index in [0.29, 0.717) is 21.7 Å². The number of pyridine rings is 1. The van der Waals surface area contributed by atoms with Crippen LogP contribution >= 0.6 is 11.6 Å². The smallest absolute Gasteiger partial charge is 0.420 e. The highest BCUT2D eigenvalue weighted by atomic mass is 35.5. The number of fused-ring (bicyclic) bond motifs is 1.